The number of hydrogen-bond acceptors (Lipinski definition) is 7. The van der Waals surface area contributed by atoms with Gasteiger partial charge in [0.1, 0.15) is 12.2 Å². The molecule has 0 aliphatic carbocycles. The van der Waals surface area contributed by atoms with Gasteiger partial charge in [0.2, 0.25) is 5.75 Å². The van der Waals surface area contributed by atoms with Gasteiger partial charge in [0.15, 0.2) is 17.8 Å². The lowest BCUT2D eigenvalue weighted by molar-refractivity contribution is -0.175. The van der Waals surface area contributed by atoms with Crippen molar-refractivity contribution >= 4 is 0 Å². The van der Waals surface area contributed by atoms with E-state index in [9.17, 15) is 20.4 Å². The van der Waals surface area contributed by atoms with E-state index in [0.717, 1.165) is 0 Å². The third-order valence-electron chi connectivity index (χ3n) is 2.70. The van der Waals surface area contributed by atoms with Crippen molar-refractivity contribution in [2.24, 2.45) is 0 Å². The van der Waals surface area contributed by atoms with Crippen LogP contribution in [0.3, 0.4) is 0 Å². The van der Waals surface area contributed by atoms with E-state index < -0.39 is 18.5 Å². The number of rotatable bonds is 6. The minimum Gasteiger partial charge on any atom is -0.502 e. The Hall–Kier alpha value is -1.54. The number of methoxy groups -OCH3 is 3. The molecule has 3 atom stereocenters. The van der Waals surface area contributed by atoms with Crippen LogP contribution in [-0.2, 0) is 4.74 Å². The second kappa shape index (κ2) is 6.58. The molecule has 1 rings (SSSR count). The Kier molecular flexibility index (Phi) is 5.37. The second-order valence-electron chi connectivity index (χ2n) is 3.84. The summed E-state index contributed by atoms with van der Waals surface area (Å²) in [7, 11) is 3.87. The first kappa shape index (κ1) is 15.5. The summed E-state index contributed by atoms with van der Waals surface area (Å²) in [6.07, 6.45) is -4.52. The van der Waals surface area contributed by atoms with Crippen LogP contribution in [-0.4, -0.2) is 54.1 Å². The molecule has 7 nitrogen and oxygen atoms in total. The van der Waals surface area contributed by atoms with Crippen LogP contribution in [0.25, 0.3) is 0 Å². The molecular weight excluding hydrogens is 256 g/mol. The van der Waals surface area contributed by atoms with Crippen molar-refractivity contribution in [1.29, 1.82) is 0 Å². The summed E-state index contributed by atoms with van der Waals surface area (Å²) in [6, 6.07) is 2.66. The maximum absolute atomic E-state index is 9.94. The zero-order valence-electron chi connectivity index (χ0n) is 10.9. The molecule has 3 unspecified atom stereocenters. The Labute approximate surface area is 110 Å². The second-order valence-corrected chi connectivity index (χ2v) is 3.84. The number of phenols is 1. The number of ether oxygens (including phenoxy) is 3. The summed E-state index contributed by atoms with van der Waals surface area (Å²) in [5.41, 5.74) is 0.204. The van der Waals surface area contributed by atoms with Crippen LogP contribution in [0.15, 0.2) is 12.1 Å². The predicted octanol–water partition coefficient (Wildman–Crippen LogP) is -0.232. The number of benzene rings is 1. The molecule has 0 aliphatic rings. The number of hydrogen-bond donors (Lipinski definition) is 4. The van der Waals surface area contributed by atoms with Crippen LogP contribution in [0, 0.1) is 0 Å². The summed E-state index contributed by atoms with van der Waals surface area (Å²) in [5, 5.41) is 38.6. The molecule has 0 heterocycles. The van der Waals surface area contributed by atoms with Crippen LogP contribution >= 0.6 is 0 Å². The van der Waals surface area contributed by atoms with Gasteiger partial charge in [-0.15, -0.1) is 0 Å². The zero-order chi connectivity index (χ0) is 14.6. The van der Waals surface area contributed by atoms with E-state index in [0.29, 0.717) is 0 Å². The van der Waals surface area contributed by atoms with E-state index in [1.165, 1.54) is 33.5 Å². The van der Waals surface area contributed by atoms with Gasteiger partial charge >= 0.3 is 0 Å². The molecule has 7 heteroatoms. The maximum Gasteiger partial charge on any atom is 0.200 e. The van der Waals surface area contributed by atoms with E-state index in [1.54, 1.807) is 0 Å². The van der Waals surface area contributed by atoms with Gasteiger partial charge in [-0.05, 0) is 17.7 Å². The van der Waals surface area contributed by atoms with Gasteiger partial charge in [-0.1, -0.05) is 0 Å². The van der Waals surface area contributed by atoms with Gasteiger partial charge in [-0.2, -0.15) is 0 Å². The average Bonchev–Trinajstić information content (AvgIpc) is 2.44. The molecule has 1 aromatic rings. The molecule has 19 heavy (non-hydrogen) atoms. The van der Waals surface area contributed by atoms with Gasteiger partial charge in [-0.25, -0.2) is 0 Å². The number of aliphatic hydroxyl groups is 3. The van der Waals surface area contributed by atoms with Crippen LogP contribution in [0.1, 0.15) is 11.7 Å². The lowest BCUT2D eigenvalue weighted by Crippen LogP contribution is -2.33. The van der Waals surface area contributed by atoms with Gasteiger partial charge < -0.3 is 34.6 Å². The van der Waals surface area contributed by atoms with Gasteiger partial charge in [0.05, 0.1) is 14.2 Å². The minimum atomic E-state index is -1.55. The summed E-state index contributed by atoms with van der Waals surface area (Å²) in [4.78, 5) is 0. The highest BCUT2D eigenvalue weighted by molar-refractivity contribution is 5.53. The molecule has 0 aliphatic heterocycles. The number of phenolic OH excluding ortho intramolecular Hbond substituents is 1. The minimum absolute atomic E-state index is 0.0764. The first-order valence-corrected chi connectivity index (χ1v) is 5.48. The first-order valence-electron chi connectivity index (χ1n) is 5.48. The van der Waals surface area contributed by atoms with Crippen LogP contribution in [0.5, 0.6) is 17.2 Å². The van der Waals surface area contributed by atoms with E-state index in [-0.39, 0.29) is 22.8 Å². The fourth-order valence-electron chi connectivity index (χ4n) is 1.58. The standard InChI is InChI=1S/C12H18O7/c1-17-7-4-6(5-8(18-2)10(7)14)9(13)11(15)12(16)19-3/h4-5,9,11-16H,1-3H3. The van der Waals surface area contributed by atoms with Crippen molar-refractivity contribution in [3.05, 3.63) is 17.7 Å². The Balaban J connectivity index is 3.12. The maximum atomic E-state index is 9.94. The van der Waals surface area contributed by atoms with Crippen molar-refractivity contribution in [1.82, 2.24) is 0 Å². The third-order valence-corrected chi connectivity index (χ3v) is 2.70. The highest BCUT2D eigenvalue weighted by Gasteiger charge is 2.27. The number of aromatic hydroxyl groups is 1. The Morgan fingerprint density at radius 1 is 0.947 bits per heavy atom. The predicted molar refractivity (Wildman–Crippen MR) is 65.2 cm³/mol. The molecule has 0 aromatic heterocycles. The molecule has 0 saturated heterocycles. The van der Waals surface area contributed by atoms with Crippen molar-refractivity contribution in [3.63, 3.8) is 0 Å². The largest absolute Gasteiger partial charge is 0.502 e. The van der Waals surface area contributed by atoms with Crippen molar-refractivity contribution in [2.75, 3.05) is 21.3 Å². The lowest BCUT2D eigenvalue weighted by atomic mass is 10.0. The normalized spacial score (nSPS) is 15.7. The molecule has 108 valence electrons. The fraction of sp³-hybridized carbons (Fsp3) is 0.500. The molecule has 0 radical (unpaired) electrons. The zero-order valence-corrected chi connectivity index (χ0v) is 10.9. The number of aliphatic hydroxyl groups excluding tert-OH is 3. The van der Waals surface area contributed by atoms with Gasteiger partial charge in [0.25, 0.3) is 0 Å². The highest BCUT2D eigenvalue weighted by Crippen LogP contribution is 2.39. The Morgan fingerprint density at radius 3 is 1.79 bits per heavy atom. The third kappa shape index (κ3) is 3.27. The van der Waals surface area contributed by atoms with Crippen LogP contribution < -0.4 is 9.47 Å². The summed E-state index contributed by atoms with van der Waals surface area (Å²) in [6.45, 7) is 0. The molecule has 0 bridgehead atoms. The molecular formula is C12H18O7. The molecule has 0 saturated carbocycles. The van der Waals surface area contributed by atoms with E-state index in [4.69, 9.17) is 9.47 Å². The van der Waals surface area contributed by atoms with Gasteiger partial charge in [-0.3, -0.25) is 0 Å². The summed E-state index contributed by atoms with van der Waals surface area (Å²) >= 11 is 0. The Morgan fingerprint density at radius 2 is 1.42 bits per heavy atom. The quantitative estimate of drug-likeness (QED) is 0.530. The molecule has 1 aromatic carbocycles. The lowest BCUT2D eigenvalue weighted by Gasteiger charge is -2.23. The van der Waals surface area contributed by atoms with Crippen molar-refractivity contribution in [3.8, 4) is 17.2 Å². The van der Waals surface area contributed by atoms with Crippen LogP contribution in [0.2, 0.25) is 0 Å². The van der Waals surface area contributed by atoms with Gasteiger partial charge in [0, 0.05) is 7.11 Å². The molecule has 0 spiro atoms. The first-order chi connectivity index (χ1) is 8.96. The topological polar surface area (TPSA) is 109 Å². The highest BCUT2D eigenvalue weighted by atomic mass is 16.6. The van der Waals surface area contributed by atoms with Crippen molar-refractivity contribution in [2.45, 2.75) is 18.5 Å². The monoisotopic (exact) mass is 274 g/mol. The summed E-state index contributed by atoms with van der Waals surface area (Å²) in [5.74, 6) is -0.0669. The van der Waals surface area contributed by atoms with Crippen LogP contribution in [0.4, 0.5) is 0 Å². The fourth-order valence-corrected chi connectivity index (χ4v) is 1.58. The molecule has 0 fully saturated rings. The van der Waals surface area contributed by atoms with E-state index in [2.05, 4.69) is 4.74 Å². The van der Waals surface area contributed by atoms with E-state index in [1.807, 2.05) is 0 Å². The smallest absolute Gasteiger partial charge is 0.200 e. The Bertz CT molecular complexity index is 396. The molecule has 4 N–H and O–H groups in total. The van der Waals surface area contributed by atoms with E-state index >= 15 is 0 Å². The summed E-state index contributed by atoms with van der Waals surface area (Å²) < 4.78 is 14.4. The average molecular weight is 274 g/mol. The SMILES string of the molecule is COc1cc(C(O)C(O)C(O)OC)cc(OC)c1O. The van der Waals surface area contributed by atoms with Crippen molar-refractivity contribution < 1.29 is 34.6 Å². The molecule has 0 amide bonds.